The van der Waals surface area contributed by atoms with Gasteiger partial charge >= 0.3 is 0 Å². The van der Waals surface area contributed by atoms with Crippen molar-refractivity contribution < 1.29 is 13.9 Å². The van der Waals surface area contributed by atoms with Crippen LogP contribution in [0.1, 0.15) is 27.9 Å². The summed E-state index contributed by atoms with van der Waals surface area (Å²) in [6.45, 7) is 6.83. The number of methoxy groups -OCH3 is 1. The van der Waals surface area contributed by atoms with Crippen LogP contribution >= 0.6 is 0 Å². The molecule has 0 radical (unpaired) electrons. The lowest BCUT2D eigenvalue weighted by atomic mass is 10.0. The van der Waals surface area contributed by atoms with Crippen LogP contribution in [0.3, 0.4) is 0 Å². The minimum absolute atomic E-state index is 0.178. The largest absolute Gasteiger partial charge is 0.495 e. The number of nitriles is 1. The summed E-state index contributed by atoms with van der Waals surface area (Å²) in [5, 5.41) is 12.5. The zero-order chi connectivity index (χ0) is 28.1. The van der Waals surface area contributed by atoms with E-state index in [2.05, 4.69) is 27.3 Å². The summed E-state index contributed by atoms with van der Waals surface area (Å²) >= 11 is 0. The molecular formula is C32H32N4O4. The lowest BCUT2D eigenvalue weighted by Gasteiger charge is -2.36. The Morgan fingerprint density at radius 2 is 1.77 bits per heavy atom. The van der Waals surface area contributed by atoms with Crippen LogP contribution in [0.2, 0.25) is 0 Å². The molecule has 1 aromatic heterocycles. The van der Waals surface area contributed by atoms with E-state index in [4.69, 9.17) is 14.4 Å². The molecule has 204 valence electrons. The minimum Gasteiger partial charge on any atom is -0.495 e. The highest BCUT2D eigenvalue weighted by Gasteiger charge is 2.20. The second-order valence-electron chi connectivity index (χ2n) is 9.87. The molecule has 8 heteroatoms. The number of hydrogen-bond donors (Lipinski definition) is 1. The van der Waals surface area contributed by atoms with Crippen molar-refractivity contribution >= 4 is 22.6 Å². The van der Waals surface area contributed by atoms with Crippen LogP contribution in [-0.4, -0.2) is 57.2 Å². The molecule has 0 aliphatic carbocycles. The number of hydrogen-bond acceptors (Lipinski definition) is 7. The molecule has 2 heterocycles. The van der Waals surface area contributed by atoms with E-state index < -0.39 is 0 Å². The van der Waals surface area contributed by atoms with E-state index in [0.717, 1.165) is 50.6 Å². The van der Waals surface area contributed by atoms with Crippen molar-refractivity contribution in [3.8, 4) is 23.1 Å². The first-order valence-electron chi connectivity index (χ1n) is 13.5. The van der Waals surface area contributed by atoms with Crippen molar-refractivity contribution in [1.82, 2.24) is 10.2 Å². The normalized spacial score (nSPS) is 13.7. The van der Waals surface area contributed by atoms with Crippen LogP contribution in [0.15, 0.2) is 75.9 Å². The molecule has 0 bridgehead atoms. The fourth-order valence-corrected chi connectivity index (χ4v) is 5.16. The quantitative estimate of drug-likeness (QED) is 0.329. The third-order valence-electron chi connectivity index (χ3n) is 7.40. The SMILES string of the molecule is COc1ccccc1N1CCN(CCCNC(=O)c2cccc3c(=O)c(C)c(-c4ccc(C#N)cc4)oc23)CC1. The van der Waals surface area contributed by atoms with E-state index in [1.165, 1.54) is 0 Å². The smallest absolute Gasteiger partial charge is 0.255 e. The van der Waals surface area contributed by atoms with Crippen LogP contribution in [0.4, 0.5) is 5.69 Å². The Morgan fingerprint density at radius 3 is 2.50 bits per heavy atom. The maximum Gasteiger partial charge on any atom is 0.255 e. The van der Waals surface area contributed by atoms with Crippen molar-refractivity contribution in [2.45, 2.75) is 13.3 Å². The third-order valence-corrected chi connectivity index (χ3v) is 7.40. The number of benzene rings is 3. The number of nitrogens with zero attached hydrogens (tertiary/aromatic N) is 3. The number of fused-ring (bicyclic) bond motifs is 1. The Kier molecular flexibility index (Phi) is 8.13. The van der Waals surface area contributed by atoms with E-state index in [-0.39, 0.29) is 16.9 Å². The second kappa shape index (κ2) is 12.1. The number of nitrogens with one attached hydrogen (secondary N) is 1. The molecule has 3 aromatic carbocycles. The van der Waals surface area contributed by atoms with E-state index in [1.807, 2.05) is 18.2 Å². The molecule has 1 amide bonds. The number of amides is 1. The van der Waals surface area contributed by atoms with Gasteiger partial charge in [0.2, 0.25) is 0 Å². The Hall–Kier alpha value is -4.61. The zero-order valence-corrected chi connectivity index (χ0v) is 22.8. The number of ether oxygens (including phenoxy) is 1. The molecule has 40 heavy (non-hydrogen) atoms. The van der Waals surface area contributed by atoms with Gasteiger partial charge in [-0.3, -0.25) is 14.5 Å². The van der Waals surface area contributed by atoms with Gasteiger partial charge in [0.15, 0.2) is 11.0 Å². The van der Waals surface area contributed by atoms with Crippen LogP contribution in [0, 0.1) is 18.3 Å². The van der Waals surface area contributed by atoms with Crippen LogP contribution in [0.5, 0.6) is 5.75 Å². The first kappa shape index (κ1) is 27.0. The maximum absolute atomic E-state index is 13.2. The van der Waals surface area contributed by atoms with Crippen molar-refractivity contribution in [1.29, 1.82) is 5.26 Å². The molecule has 1 saturated heterocycles. The minimum atomic E-state index is -0.274. The van der Waals surface area contributed by atoms with Crippen LogP contribution in [0.25, 0.3) is 22.3 Å². The number of rotatable bonds is 8. The number of piperazine rings is 1. The highest BCUT2D eigenvalue weighted by atomic mass is 16.5. The highest BCUT2D eigenvalue weighted by Crippen LogP contribution is 2.29. The average Bonchev–Trinajstić information content (AvgIpc) is 3.01. The standard InChI is InChI=1S/C32H32N4O4/c1-22-29(37)25-7-5-8-26(31(25)40-30(22)24-13-11-23(21-33)12-14-24)32(38)34-15-6-16-35-17-19-36(20-18-35)27-9-3-4-10-28(27)39-2/h3-5,7-14H,6,15-20H2,1-2H3,(H,34,38). The molecule has 5 rings (SSSR count). The summed E-state index contributed by atoms with van der Waals surface area (Å²) in [6, 6.07) is 22.1. The predicted octanol–water partition coefficient (Wildman–Crippen LogP) is 4.59. The van der Waals surface area contributed by atoms with Gasteiger partial charge in [0, 0.05) is 43.9 Å². The lowest BCUT2D eigenvalue weighted by Crippen LogP contribution is -2.47. The topological polar surface area (TPSA) is 98.8 Å². The third kappa shape index (κ3) is 5.56. The van der Waals surface area contributed by atoms with Gasteiger partial charge in [0.25, 0.3) is 5.91 Å². The van der Waals surface area contributed by atoms with Crippen molar-refractivity contribution in [3.05, 3.63) is 93.6 Å². The van der Waals surface area contributed by atoms with Gasteiger partial charge < -0.3 is 19.4 Å². The number of anilines is 1. The number of carbonyl (C=O) groups excluding carboxylic acids is 1. The van der Waals surface area contributed by atoms with Crippen LogP contribution in [-0.2, 0) is 0 Å². The lowest BCUT2D eigenvalue weighted by molar-refractivity contribution is 0.0952. The van der Waals surface area contributed by atoms with Crippen LogP contribution < -0.4 is 20.4 Å². The second-order valence-corrected chi connectivity index (χ2v) is 9.87. The number of carbonyl (C=O) groups is 1. The summed E-state index contributed by atoms with van der Waals surface area (Å²) in [5.74, 6) is 1.01. The van der Waals surface area contributed by atoms with Gasteiger partial charge in [0.05, 0.1) is 35.4 Å². The first-order valence-corrected chi connectivity index (χ1v) is 13.5. The average molecular weight is 537 g/mol. The fraction of sp³-hybridized carbons (Fsp3) is 0.281. The number of para-hydroxylation sites is 3. The van der Waals surface area contributed by atoms with Gasteiger partial charge in [0.1, 0.15) is 11.5 Å². The molecule has 8 nitrogen and oxygen atoms in total. The van der Waals surface area contributed by atoms with Gasteiger partial charge in [-0.15, -0.1) is 0 Å². The van der Waals surface area contributed by atoms with Crippen molar-refractivity contribution in [2.75, 3.05) is 51.3 Å². The summed E-state index contributed by atoms with van der Waals surface area (Å²) in [4.78, 5) is 31.1. The Balaban J connectivity index is 1.21. The molecular weight excluding hydrogens is 504 g/mol. The summed E-state index contributed by atoms with van der Waals surface area (Å²) in [7, 11) is 1.70. The molecule has 0 saturated carbocycles. The highest BCUT2D eigenvalue weighted by molar-refractivity contribution is 6.05. The molecule has 0 spiro atoms. The summed E-state index contributed by atoms with van der Waals surface area (Å²) in [5.41, 5.74) is 3.19. The van der Waals surface area contributed by atoms with Crippen molar-refractivity contribution in [3.63, 3.8) is 0 Å². The summed E-state index contributed by atoms with van der Waals surface area (Å²) in [6.07, 6.45) is 0.810. The summed E-state index contributed by atoms with van der Waals surface area (Å²) < 4.78 is 11.7. The Bertz CT molecular complexity index is 1610. The van der Waals surface area contributed by atoms with Gasteiger partial charge in [-0.1, -0.05) is 18.2 Å². The van der Waals surface area contributed by atoms with Crippen molar-refractivity contribution in [2.24, 2.45) is 0 Å². The molecule has 4 aromatic rings. The molecule has 1 aliphatic rings. The Morgan fingerprint density at radius 1 is 1.02 bits per heavy atom. The van der Waals surface area contributed by atoms with E-state index in [0.29, 0.717) is 39.9 Å². The maximum atomic E-state index is 13.2. The molecule has 1 N–H and O–H groups in total. The van der Waals surface area contributed by atoms with E-state index >= 15 is 0 Å². The molecule has 0 unspecified atom stereocenters. The molecule has 0 atom stereocenters. The van der Waals surface area contributed by atoms with Gasteiger partial charge in [-0.25, -0.2) is 0 Å². The zero-order valence-electron chi connectivity index (χ0n) is 22.8. The predicted molar refractivity (Wildman–Crippen MR) is 156 cm³/mol. The monoisotopic (exact) mass is 536 g/mol. The Labute approximate surface area is 233 Å². The first-order chi connectivity index (χ1) is 19.5. The molecule has 1 aliphatic heterocycles. The molecule has 1 fully saturated rings. The van der Waals surface area contributed by atoms with Gasteiger partial charge in [-0.05, 0) is 68.4 Å². The van der Waals surface area contributed by atoms with E-state index in [1.54, 1.807) is 56.5 Å². The van der Waals surface area contributed by atoms with E-state index in [9.17, 15) is 9.59 Å². The van der Waals surface area contributed by atoms with Gasteiger partial charge in [-0.2, -0.15) is 5.26 Å². The fourth-order valence-electron chi connectivity index (χ4n) is 5.16.